The van der Waals surface area contributed by atoms with Gasteiger partial charge in [-0.3, -0.25) is 15.0 Å². The smallest absolute Gasteiger partial charge is 0.240 e. The van der Waals surface area contributed by atoms with Gasteiger partial charge in [0.1, 0.15) is 0 Å². The number of likely N-dealkylation sites (N-methyl/N-ethyl adjacent to an activating group) is 1. The molecule has 1 fully saturated rings. The van der Waals surface area contributed by atoms with Crippen molar-refractivity contribution >= 4 is 11.8 Å². The van der Waals surface area contributed by atoms with Crippen LogP contribution in [-0.4, -0.2) is 35.6 Å². The van der Waals surface area contributed by atoms with Gasteiger partial charge in [-0.2, -0.15) is 0 Å². The van der Waals surface area contributed by atoms with E-state index >= 15 is 0 Å². The summed E-state index contributed by atoms with van der Waals surface area (Å²) in [4.78, 5) is 14.3. The first-order valence-corrected chi connectivity index (χ1v) is 8.33. The highest BCUT2D eigenvalue weighted by Crippen LogP contribution is 2.24. The Bertz CT molecular complexity index is 482. The van der Waals surface area contributed by atoms with E-state index in [1.54, 1.807) is 0 Å². The minimum Gasteiger partial charge on any atom is -0.338 e. The molecule has 0 bridgehead atoms. The lowest BCUT2D eigenvalue weighted by molar-refractivity contribution is -0.117. The first-order valence-electron chi connectivity index (χ1n) is 8.33. The number of anilines is 1. The van der Waals surface area contributed by atoms with E-state index in [9.17, 15) is 4.79 Å². The number of rotatable bonds is 4. The van der Waals surface area contributed by atoms with Gasteiger partial charge in [0, 0.05) is 17.5 Å². The van der Waals surface area contributed by atoms with Crippen molar-refractivity contribution < 1.29 is 9.32 Å². The molecule has 1 N–H and O–H groups in total. The average molecular weight is 307 g/mol. The lowest BCUT2D eigenvalue weighted by Gasteiger charge is -2.26. The van der Waals surface area contributed by atoms with E-state index in [1.165, 1.54) is 38.5 Å². The summed E-state index contributed by atoms with van der Waals surface area (Å²) < 4.78 is 5.21. The standard InChI is InChI=1S/C17H29N3O2/c1-17(2,3)14-11-16(22-19-14)18-15(21)12-20(4)13-9-7-5-6-8-10-13/h11,13H,5-10,12H2,1-4H3,(H,18,21). The topological polar surface area (TPSA) is 58.4 Å². The van der Waals surface area contributed by atoms with Crippen LogP contribution in [0.3, 0.4) is 0 Å². The minimum absolute atomic E-state index is 0.0386. The lowest BCUT2D eigenvalue weighted by atomic mass is 9.92. The van der Waals surface area contributed by atoms with Gasteiger partial charge in [0.25, 0.3) is 0 Å². The number of carbonyl (C=O) groups is 1. The third-order valence-electron chi connectivity index (χ3n) is 4.38. The molecule has 5 heteroatoms. The summed E-state index contributed by atoms with van der Waals surface area (Å²) >= 11 is 0. The fourth-order valence-corrected chi connectivity index (χ4v) is 2.92. The van der Waals surface area contributed by atoms with Crippen molar-refractivity contribution in [1.29, 1.82) is 0 Å². The molecule has 1 saturated carbocycles. The Balaban J connectivity index is 1.85. The van der Waals surface area contributed by atoms with E-state index in [1.807, 2.05) is 13.1 Å². The highest BCUT2D eigenvalue weighted by atomic mass is 16.5. The van der Waals surface area contributed by atoms with E-state index < -0.39 is 0 Å². The zero-order chi connectivity index (χ0) is 16.2. The molecule has 0 saturated heterocycles. The van der Waals surface area contributed by atoms with Crippen molar-refractivity contribution in [3.05, 3.63) is 11.8 Å². The molecule has 0 radical (unpaired) electrons. The molecule has 0 unspecified atom stereocenters. The summed E-state index contributed by atoms with van der Waals surface area (Å²) in [7, 11) is 2.04. The molecule has 0 atom stereocenters. The van der Waals surface area contributed by atoms with Crippen LogP contribution in [-0.2, 0) is 10.2 Å². The monoisotopic (exact) mass is 307 g/mol. The largest absolute Gasteiger partial charge is 0.338 e. The summed E-state index contributed by atoms with van der Waals surface area (Å²) in [5.41, 5.74) is 0.767. The third-order valence-corrected chi connectivity index (χ3v) is 4.38. The first kappa shape index (κ1) is 17.0. The van der Waals surface area contributed by atoms with Crippen LogP contribution in [0.1, 0.15) is 65.0 Å². The highest BCUT2D eigenvalue weighted by Gasteiger charge is 2.21. The maximum absolute atomic E-state index is 12.2. The quantitative estimate of drug-likeness (QED) is 0.864. The van der Waals surface area contributed by atoms with Gasteiger partial charge >= 0.3 is 0 Å². The summed E-state index contributed by atoms with van der Waals surface area (Å²) in [6, 6.07) is 2.33. The Kier molecular flexibility index (Phi) is 5.62. The second-order valence-electron chi connectivity index (χ2n) is 7.44. The molecule has 1 aliphatic carbocycles. The Morgan fingerprint density at radius 1 is 1.32 bits per heavy atom. The Morgan fingerprint density at radius 3 is 2.50 bits per heavy atom. The highest BCUT2D eigenvalue weighted by molar-refractivity contribution is 5.91. The maximum Gasteiger partial charge on any atom is 0.240 e. The lowest BCUT2D eigenvalue weighted by Crippen LogP contribution is -2.37. The van der Waals surface area contributed by atoms with E-state index in [0.717, 1.165) is 5.69 Å². The van der Waals surface area contributed by atoms with Crippen molar-refractivity contribution in [2.75, 3.05) is 18.9 Å². The summed E-state index contributed by atoms with van der Waals surface area (Å²) in [6.45, 7) is 6.60. The molecule has 0 aromatic carbocycles. The second-order valence-corrected chi connectivity index (χ2v) is 7.44. The molecule has 0 spiro atoms. The van der Waals surface area contributed by atoms with Gasteiger partial charge in [-0.15, -0.1) is 0 Å². The van der Waals surface area contributed by atoms with Crippen LogP contribution in [0.25, 0.3) is 0 Å². The number of nitrogens with one attached hydrogen (secondary N) is 1. The number of amides is 1. The van der Waals surface area contributed by atoms with Gasteiger partial charge < -0.3 is 4.52 Å². The van der Waals surface area contributed by atoms with Crippen LogP contribution < -0.4 is 5.32 Å². The van der Waals surface area contributed by atoms with Gasteiger partial charge in [-0.1, -0.05) is 51.6 Å². The predicted octanol–water partition coefficient (Wildman–Crippen LogP) is 3.57. The first-order chi connectivity index (χ1) is 10.4. The SMILES string of the molecule is CN(CC(=O)Nc1cc(C(C)(C)C)no1)C1CCCCCC1. The number of aromatic nitrogens is 1. The summed E-state index contributed by atoms with van der Waals surface area (Å²) in [5.74, 6) is 0.396. The number of nitrogens with zero attached hydrogens (tertiary/aromatic N) is 2. The van der Waals surface area contributed by atoms with Crippen molar-refractivity contribution in [3.8, 4) is 0 Å². The van der Waals surface area contributed by atoms with Crippen molar-refractivity contribution in [2.24, 2.45) is 0 Å². The minimum atomic E-state index is -0.0797. The zero-order valence-corrected chi connectivity index (χ0v) is 14.3. The van der Waals surface area contributed by atoms with Crippen LogP contribution in [0.15, 0.2) is 10.6 Å². The van der Waals surface area contributed by atoms with Crippen molar-refractivity contribution in [3.63, 3.8) is 0 Å². The number of hydrogen-bond donors (Lipinski definition) is 1. The van der Waals surface area contributed by atoms with E-state index in [4.69, 9.17) is 4.52 Å². The second kappa shape index (κ2) is 7.27. The van der Waals surface area contributed by atoms with Crippen LogP contribution in [0, 0.1) is 0 Å². The molecule has 0 aliphatic heterocycles. The van der Waals surface area contributed by atoms with Crippen molar-refractivity contribution in [2.45, 2.75) is 70.8 Å². The van der Waals surface area contributed by atoms with Crippen molar-refractivity contribution in [1.82, 2.24) is 10.1 Å². The Morgan fingerprint density at radius 2 is 1.95 bits per heavy atom. The van der Waals surface area contributed by atoms with Gasteiger partial charge in [0.05, 0.1) is 12.2 Å². The molecule has 5 nitrogen and oxygen atoms in total. The predicted molar refractivity (Wildman–Crippen MR) is 88.0 cm³/mol. The normalized spacial score (nSPS) is 17.5. The summed E-state index contributed by atoms with van der Waals surface area (Å²) in [5, 5.41) is 6.83. The van der Waals surface area contributed by atoms with Gasteiger partial charge in [0.15, 0.2) is 0 Å². The fraction of sp³-hybridized carbons (Fsp3) is 0.765. The fourth-order valence-electron chi connectivity index (χ4n) is 2.92. The maximum atomic E-state index is 12.2. The molecule has 1 aromatic heterocycles. The van der Waals surface area contributed by atoms with Gasteiger partial charge in [-0.05, 0) is 19.9 Å². The number of carbonyl (C=O) groups excluding carboxylic acids is 1. The Hall–Kier alpha value is -1.36. The van der Waals surface area contributed by atoms with E-state index in [2.05, 4.69) is 36.1 Å². The molecule has 124 valence electrons. The molecule has 1 aliphatic rings. The molecule has 1 amide bonds. The third kappa shape index (κ3) is 4.83. The van der Waals surface area contributed by atoms with Gasteiger partial charge in [0.2, 0.25) is 11.8 Å². The number of hydrogen-bond acceptors (Lipinski definition) is 4. The molecule has 1 aromatic rings. The zero-order valence-electron chi connectivity index (χ0n) is 14.3. The van der Waals surface area contributed by atoms with Crippen LogP contribution in [0.4, 0.5) is 5.88 Å². The molecular weight excluding hydrogens is 278 g/mol. The van der Waals surface area contributed by atoms with Crippen LogP contribution in [0.2, 0.25) is 0 Å². The molecule has 22 heavy (non-hydrogen) atoms. The van der Waals surface area contributed by atoms with Gasteiger partial charge in [-0.25, -0.2) is 0 Å². The molecule has 1 heterocycles. The molecule has 2 rings (SSSR count). The average Bonchev–Trinajstić information content (AvgIpc) is 2.73. The van der Waals surface area contributed by atoms with E-state index in [0.29, 0.717) is 18.5 Å². The van der Waals surface area contributed by atoms with Crippen LogP contribution in [0.5, 0.6) is 0 Å². The summed E-state index contributed by atoms with van der Waals surface area (Å²) in [6.07, 6.45) is 7.58. The van der Waals surface area contributed by atoms with E-state index in [-0.39, 0.29) is 11.3 Å². The Labute approximate surface area is 133 Å². The molecular formula is C17H29N3O2. The van der Waals surface area contributed by atoms with Crippen LogP contribution >= 0.6 is 0 Å².